The minimum absolute atomic E-state index is 0.162. The van der Waals surface area contributed by atoms with E-state index in [-0.39, 0.29) is 10.8 Å². The van der Waals surface area contributed by atoms with Gasteiger partial charge < -0.3 is 0 Å². The second-order valence-corrected chi connectivity index (χ2v) is 5.13. The first-order valence-corrected chi connectivity index (χ1v) is 6.76. The first kappa shape index (κ1) is 13.1. The Morgan fingerprint density at radius 3 is 2.70 bits per heavy atom. The molecule has 0 atom stereocenters. The summed E-state index contributed by atoms with van der Waals surface area (Å²) in [5, 5.41) is 1.64. The summed E-state index contributed by atoms with van der Waals surface area (Å²) >= 11 is 12.0. The van der Waals surface area contributed by atoms with E-state index in [4.69, 9.17) is 23.2 Å². The van der Waals surface area contributed by atoms with Gasteiger partial charge in [0.25, 0.3) is 0 Å². The number of halogens is 2. The van der Waals surface area contributed by atoms with Crippen molar-refractivity contribution in [2.24, 2.45) is 0 Å². The number of hydrogen-bond acceptors (Lipinski definition) is 2. The van der Waals surface area contributed by atoms with Crippen molar-refractivity contribution in [1.82, 2.24) is 4.98 Å². The van der Waals surface area contributed by atoms with Crippen molar-refractivity contribution in [3.05, 3.63) is 75.9 Å². The van der Waals surface area contributed by atoms with Gasteiger partial charge in [-0.1, -0.05) is 47.5 Å². The van der Waals surface area contributed by atoms with Gasteiger partial charge in [-0.15, -0.1) is 0 Å². The monoisotopic (exact) mass is 301 g/mol. The van der Waals surface area contributed by atoms with Crippen LogP contribution in [0.4, 0.5) is 0 Å². The number of rotatable bonds is 2. The quantitative estimate of drug-likeness (QED) is 0.638. The van der Waals surface area contributed by atoms with Gasteiger partial charge in [0, 0.05) is 22.7 Å². The standard InChI is InChI=1S/C16H9Cl2NO/c17-13-5-1-4-12(15(13)18)16(20)11-7-6-10-3-2-8-19-14(10)9-11/h1-9H. The fourth-order valence-corrected chi connectivity index (χ4v) is 2.43. The van der Waals surface area contributed by atoms with Crippen LogP contribution in [0.1, 0.15) is 15.9 Å². The Hall–Kier alpha value is -1.90. The number of carbonyl (C=O) groups is 1. The smallest absolute Gasteiger partial charge is 0.194 e. The van der Waals surface area contributed by atoms with E-state index in [1.165, 1.54) is 0 Å². The number of pyridine rings is 1. The number of nitrogens with zero attached hydrogens (tertiary/aromatic N) is 1. The van der Waals surface area contributed by atoms with E-state index in [0.29, 0.717) is 16.1 Å². The van der Waals surface area contributed by atoms with Crippen LogP contribution >= 0.6 is 23.2 Å². The summed E-state index contributed by atoms with van der Waals surface area (Å²) in [4.78, 5) is 16.7. The van der Waals surface area contributed by atoms with Crippen LogP contribution in [0.15, 0.2) is 54.7 Å². The topological polar surface area (TPSA) is 30.0 Å². The van der Waals surface area contributed by atoms with Gasteiger partial charge in [0.05, 0.1) is 15.6 Å². The van der Waals surface area contributed by atoms with Crippen LogP contribution in [0.5, 0.6) is 0 Å². The number of ketones is 1. The third-order valence-electron chi connectivity index (χ3n) is 3.06. The zero-order valence-corrected chi connectivity index (χ0v) is 11.8. The average molecular weight is 302 g/mol. The van der Waals surface area contributed by atoms with Crippen LogP contribution in [0.3, 0.4) is 0 Å². The third kappa shape index (κ3) is 2.28. The first-order valence-electron chi connectivity index (χ1n) is 6.00. The molecule has 0 aliphatic carbocycles. The highest BCUT2D eigenvalue weighted by Gasteiger charge is 2.15. The van der Waals surface area contributed by atoms with E-state index in [9.17, 15) is 4.79 Å². The first-order chi connectivity index (χ1) is 9.66. The largest absolute Gasteiger partial charge is 0.289 e. The third-order valence-corrected chi connectivity index (χ3v) is 3.88. The van der Waals surface area contributed by atoms with Gasteiger partial charge in [-0.3, -0.25) is 9.78 Å². The van der Waals surface area contributed by atoms with Gasteiger partial charge >= 0.3 is 0 Å². The molecular weight excluding hydrogens is 293 g/mol. The summed E-state index contributed by atoms with van der Waals surface area (Å²) in [6.45, 7) is 0. The maximum absolute atomic E-state index is 12.5. The maximum Gasteiger partial charge on any atom is 0.194 e. The second-order valence-electron chi connectivity index (χ2n) is 4.34. The molecule has 0 fully saturated rings. The molecule has 0 saturated carbocycles. The molecule has 4 heteroatoms. The zero-order valence-electron chi connectivity index (χ0n) is 10.3. The zero-order chi connectivity index (χ0) is 14.1. The molecule has 0 bridgehead atoms. The lowest BCUT2D eigenvalue weighted by Gasteiger charge is -2.06. The van der Waals surface area contributed by atoms with Gasteiger partial charge in [-0.2, -0.15) is 0 Å². The normalized spacial score (nSPS) is 10.7. The van der Waals surface area contributed by atoms with E-state index < -0.39 is 0 Å². The molecule has 0 saturated heterocycles. The Kier molecular flexibility index (Phi) is 3.43. The van der Waals surface area contributed by atoms with Gasteiger partial charge in [-0.05, 0) is 24.3 Å². The summed E-state index contributed by atoms with van der Waals surface area (Å²) in [6.07, 6.45) is 1.70. The van der Waals surface area contributed by atoms with Crippen molar-refractivity contribution in [1.29, 1.82) is 0 Å². The minimum atomic E-state index is -0.162. The van der Waals surface area contributed by atoms with E-state index in [1.807, 2.05) is 18.2 Å². The molecular formula is C16H9Cl2NO. The van der Waals surface area contributed by atoms with Gasteiger partial charge in [0.15, 0.2) is 5.78 Å². The van der Waals surface area contributed by atoms with Crippen LogP contribution in [0.25, 0.3) is 10.9 Å². The highest BCUT2D eigenvalue weighted by Crippen LogP contribution is 2.28. The van der Waals surface area contributed by atoms with Crippen molar-refractivity contribution >= 4 is 39.9 Å². The molecule has 1 aromatic heterocycles. The highest BCUT2D eigenvalue weighted by atomic mass is 35.5. The molecule has 3 aromatic rings. The van der Waals surface area contributed by atoms with E-state index in [0.717, 1.165) is 10.9 Å². The van der Waals surface area contributed by atoms with Crippen LogP contribution in [0.2, 0.25) is 10.0 Å². The molecule has 0 radical (unpaired) electrons. The van der Waals surface area contributed by atoms with Crippen LogP contribution < -0.4 is 0 Å². The SMILES string of the molecule is O=C(c1ccc2cccnc2c1)c1cccc(Cl)c1Cl. The summed E-state index contributed by atoms with van der Waals surface area (Å²) in [5.41, 5.74) is 1.71. The number of carbonyl (C=O) groups excluding carboxylic acids is 1. The summed E-state index contributed by atoms with van der Waals surface area (Å²) in [7, 11) is 0. The Balaban J connectivity index is 2.10. The molecule has 0 aliphatic rings. The lowest BCUT2D eigenvalue weighted by Crippen LogP contribution is -2.02. The lowest BCUT2D eigenvalue weighted by atomic mass is 10.0. The highest BCUT2D eigenvalue weighted by molar-refractivity contribution is 6.44. The number of hydrogen-bond donors (Lipinski definition) is 0. The molecule has 3 rings (SSSR count). The number of benzene rings is 2. The van der Waals surface area contributed by atoms with E-state index >= 15 is 0 Å². The van der Waals surface area contributed by atoms with Gasteiger partial charge in [0.1, 0.15) is 0 Å². The van der Waals surface area contributed by atoms with E-state index in [1.54, 1.807) is 36.5 Å². The number of fused-ring (bicyclic) bond motifs is 1. The van der Waals surface area contributed by atoms with Crippen molar-refractivity contribution in [2.45, 2.75) is 0 Å². The minimum Gasteiger partial charge on any atom is -0.289 e. The maximum atomic E-state index is 12.5. The lowest BCUT2D eigenvalue weighted by molar-refractivity contribution is 0.103. The molecule has 2 aromatic carbocycles. The fraction of sp³-hybridized carbons (Fsp3) is 0. The van der Waals surface area contributed by atoms with Crippen molar-refractivity contribution < 1.29 is 4.79 Å². The molecule has 0 amide bonds. The van der Waals surface area contributed by atoms with E-state index in [2.05, 4.69) is 4.98 Å². The van der Waals surface area contributed by atoms with Gasteiger partial charge in [0.2, 0.25) is 0 Å². The predicted molar refractivity (Wildman–Crippen MR) is 81.6 cm³/mol. The average Bonchev–Trinajstić information content (AvgIpc) is 2.49. The van der Waals surface area contributed by atoms with Crippen molar-refractivity contribution in [2.75, 3.05) is 0 Å². The molecule has 0 unspecified atom stereocenters. The molecule has 20 heavy (non-hydrogen) atoms. The Morgan fingerprint density at radius 2 is 1.85 bits per heavy atom. The summed E-state index contributed by atoms with van der Waals surface area (Å²) in [5.74, 6) is -0.162. The fourth-order valence-electron chi connectivity index (χ4n) is 2.04. The molecule has 1 heterocycles. The van der Waals surface area contributed by atoms with Crippen LogP contribution in [-0.2, 0) is 0 Å². The predicted octanol–water partition coefficient (Wildman–Crippen LogP) is 4.77. The number of aromatic nitrogens is 1. The molecule has 2 nitrogen and oxygen atoms in total. The Labute approximate surface area is 126 Å². The van der Waals surface area contributed by atoms with Crippen LogP contribution in [0, 0.1) is 0 Å². The van der Waals surface area contributed by atoms with Crippen LogP contribution in [-0.4, -0.2) is 10.8 Å². The molecule has 0 aliphatic heterocycles. The van der Waals surface area contributed by atoms with Crippen molar-refractivity contribution in [3.8, 4) is 0 Å². The van der Waals surface area contributed by atoms with Crippen molar-refractivity contribution in [3.63, 3.8) is 0 Å². The molecule has 0 spiro atoms. The Morgan fingerprint density at radius 1 is 1.00 bits per heavy atom. The molecule has 98 valence electrons. The summed E-state index contributed by atoms with van der Waals surface area (Å²) < 4.78 is 0. The Bertz CT molecular complexity index is 814. The summed E-state index contributed by atoms with van der Waals surface area (Å²) in [6, 6.07) is 14.2. The van der Waals surface area contributed by atoms with Gasteiger partial charge in [-0.25, -0.2) is 0 Å². The second kappa shape index (κ2) is 5.23. The molecule has 0 N–H and O–H groups in total.